The van der Waals surface area contributed by atoms with Crippen LogP contribution >= 0.6 is 0 Å². The molecule has 1 fully saturated rings. The lowest BCUT2D eigenvalue weighted by molar-refractivity contribution is -0.0404. The van der Waals surface area contributed by atoms with Crippen molar-refractivity contribution in [2.75, 3.05) is 6.61 Å². The molecule has 0 N–H and O–H groups in total. The Hall–Kier alpha value is -0.0400. The van der Waals surface area contributed by atoms with Gasteiger partial charge in [-0.05, 0) is 25.2 Å². The van der Waals surface area contributed by atoms with Gasteiger partial charge in [0.1, 0.15) is 0 Å². The summed E-state index contributed by atoms with van der Waals surface area (Å²) in [6.07, 6.45) is 11.5. The third-order valence-electron chi connectivity index (χ3n) is 3.37. The van der Waals surface area contributed by atoms with Gasteiger partial charge < -0.3 is 4.74 Å². The summed E-state index contributed by atoms with van der Waals surface area (Å²) in [5.41, 5.74) is 0. The Bertz CT molecular complexity index is 133. The molecular weight excluding hydrogens is 172 g/mol. The summed E-state index contributed by atoms with van der Waals surface area (Å²) in [5, 5.41) is 0. The van der Waals surface area contributed by atoms with Gasteiger partial charge >= 0.3 is 0 Å². The van der Waals surface area contributed by atoms with E-state index in [1.54, 1.807) is 0 Å². The zero-order valence-electron chi connectivity index (χ0n) is 9.93. The lowest BCUT2D eigenvalue weighted by Crippen LogP contribution is -2.32. The molecule has 0 aromatic carbocycles. The van der Waals surface area contributed by atoms with Crippen molar-refractivity contribution in [2.45, 2.75) is 71.3 Å². The second kappa shape index (κ2) is 7.28. The number of hydrogen-bond donors (Lipinski definition) is 0. The summed E-state index contributed by atoms with van der Waals surface area (Å²) < 4.78 is 5.80. The maximum atomic E-state index is 5.80. The molecular formula is C13H26O. The molecule has 84 valence electrons. The van der Waals surface area contributed by atoms with Crippen molar-refractivity contribution < 1.29 is 4.74 Å². The zero-order chi connectivity index (χ0) is 10.2. The van der Waals surface area contributed by atoms with Crippen molar-refractivity contribution in [3.63, 3.8) is 0 Å². The van der Waals surface area contributed by atoms with Crippen molar-refractivity contribution in [1.82, 2.24) is 0 Å². The molecule has 0 aromatic rings. The van der Waals surface area contributed by atoms with Crippen molar-refractivity contribution in [3.05, 3.63) is 0 Å². The van der Waals surface area contributed by atoms with Crippen LogP contribution in [0.4, 0.5) is 0 Å². The molecule has 0 spiro atoms. The van der Waals surface area contributed by atoms with Gasteiger partial charge in [0.15, 0.2) is 0 Å². The molecule has 14 heavy (non-hydrogen) atoms. The first-order valence-corrected chi connectivity index (χ1v) is 6.46. The van der Waals surface area contributed by atoms with Gasteiger partial charge in [-0.3, -0.25) is 0 Å². The molecule has 0 bridgehead atoms. The monoisotopic (exact) mass is 198 g/mol. The highest BCUT2D eigenvalue weighted by Gasteiger charge is 2.26. The minimum Gasteiger partial charge on any atom is -0.378 e. The highest BCUT2D eigenvalue weighted by atomic mass is 16.5. The van der Waals surface area contributed by atoms with Crippen LogP contribution in [0.25, 0.3) is 0 Å². The summed E-state index contributed by atoms with van der Waals surface area (Å²) in [6.45, 7) is 5.57. The first kappa shape index (κ1) is 12.0. The molecule has 0 aliphatic heterocycles. The fourth-order valence-corrected chi connectivity index (χ4v) is 2.00. The highest BCUT2D eigenvalue weighted by molar-refractivity contribution is 4.77. The smallest absolute Gasteiger partial charge is 0.0600 e. The van der Waals surface area contributed by atoms with Crippen LogP contribution in [0, 0.1) is 5.92 Å². The average molecular weight is 198 g/mol. The molecule has 1 aliphatic carbocycles. The van der Waals surface area contributed by atoms with E-state index in [1.165, 1.54) is 51.4 Å². The van der Waals surface area contributed by atoms with Gasteiger partial charge in [0.05, 0.1) is 6.10 Å². The molecule has 0 amide bonds. The van der Waals surface area contributed by atoms with Crippen LogP contribution in [0.3, 0.4) is 0 Å². The first-order chi connectivity index (χ1) is 6.84. The van der Waals surface area contributed by atoms with E-state index in [9.17, 15) is 0 Å². The van der Waals surface area contributed by atoms with E-state index >= 15 is 0 Å². The minimum absolute atomic E-state index is 0.602. The second-order valence-electron chi connectivity index (χ2n) is 4.73. The van der Waals surface area contributed by atoms with Crippen LogP contribution in [0.15, 0.2) is 0 Å². The molecule has 0 radical (unpaired) electrons. The lowest BCUT2D eigenvalue weighted by Gasteiger charge is -2.33. The fourth-order valence-electron chi connectivity index (χ4n) is 2.00. The van der Waals surface area contributed by atoms with E-state index in [1.807, 2.05) is 0 Å². The van der Waals surface area contributed by atoms with E-state index in [2.05, 4.69) is 13.8 Å². The normalized spacial score (nSPS) is 26.1. The Morgan fingerprint density at radius 1 is 1.00 bits per heavy atom. The lowest BCUT2D eigenvalue weighted by atomic mass is 9.83. The molecule has 0 saturated heterocycles. The molecule has 0 aromatic heterocycles. The average Bonchev–Trinajstić information content (AvgIpc) is 2.20. The fraction of sp³-hybridized carbons (Fsp3) is 1.00. The van der Waals surface area contributed by atoms with Gasteiger partial charge in [-0.25, -0.2) is 0 Å². The molecule has 1 nitrogen and oxygen atoms in total. The third-order valence-corrected chi connectivity index (χ3v) is 3.37. The van der Waals surface area contributed by atoms with Crippen LogP contribution in [-0.2, 0) is 4.74 Å². The Kier molecular flexibility index (Phi) is 6.25. The van der Waals surface area contributed by atoms with Gasteiger partial charge in [-0.2, -0.15) is 0 Å². The number of ether oxygens (including phenoxy) is 1. The molecule has 1 saturated carbocycles. The SMILES string of the molecule is CCCCCCCCOC1CCC1C. The Labute approximate surface area is 89.2 Å². The maximum Gasteiger partial charge on any atom is 0.0600 e. The van der Waals surface area contributed by atoms with Crippen molar-refractivity contribution in [3.8, 4) is 0 Å². The van der Waals surface area contributed by atoms with Crippen LogP contribution < -0.4 is 0 Å². The number of rotatable bonds is 8. The van der Waals surface area contributed by atoms with E-state index in [0.717, 1.165) is 12.5 Å². The van der Waals surface area contributed by atoms with E-state index < -0.39 is 0 Å². The van der Waals surface area contributed by atoms with Crippen LogP contribution in [0.2, 0.25) is 0 Å². The van der Waals surface area contributed by atoms with Gasteiger partial charge in [-0.15, -0.1) is 0 Å². The molecule has 2 atom stereocenters. The van der Waals surface area contributed by atoms with Crippen molar-refractivity contribution in [2.24, 2.45) is 5.92 Å². The molecule has 2 unspecified atom stereocenters. The van der Waals surface area contributed by atoms with Gasteiger partial charge in [0.25, 0.3) is 0 Å². The Balaban J connectivity index is 1.76. The topological polar surface area (TPSA) is 9.23 Å². The van der Waals surface area contributed by atoms with Crippen LogP contribution in [-0.4, -0.2) is 12.7 Å². The van der Waals surface area contributed by atoms with Gasteiger partial charge in [0.2, 0.25) is 0 Å². The first-order valence-electron chi connectivity index (χ1n) is 6.46. The maximum absolute atomic E-state index is 5.80. The van der Waals surface area contributed by atoms with E-state index in [-0.39, 0.29) is 0 Å². The largest absolute Gasteiger partial charge is 0.378 e. The van der Waals surface area contributed by atoms with Crippen molar-refractivity contribution in [1.29, 1.82) is 0 Å². The number of unbranched alkanes of at least 4 members (excludes halogenated alkanes) is 5. The molecule has 1 heteroatoms. The van der Waals surface area contributed by atoms with Crippen molar-refractivity contribution >= 4 is 0 Å². The highest BCUT2D eigenvalue weighted by Crippen LogP contribution is 2.29. The summed E-state index contributed by atoms with van der Waals surface area (Å²) in [6, 6.07) is 0. The summed E-state index contributed by atoms with van der Waals surface area (Å²) in [5.74, 6) is 0.829. The minimum atomic E-state index is 0.602. The van der Waals surface area contributed by atoms with Gasteiger partial charge in [0, 0.05) is 6.61 Å². The summed E-state index contributed by atoms with van der Waals surface area (Å²) in [7, 11) is 0. The van der Waals surface area contributed by atoms with Crippen LogP contribution in [0.1, 0.15) is 65.2 Å². The third kappa shape index (κ3) is 4.45. The van der Waals surface area contributed by atoms with Crippen LogP contribution in [0.5, 0.6) is 0 Å². The Morgan fingerprint density at radius 3 is 2.29 bits per heavy atom. The molecule has 1 aliphatic rings. The zero-order valence-corrected chi connectivity index (χ0v) is 9.93. The standard InChI is InChI=1S/C13H26O/c1-3-4-5-6-7-8-11-14-13-10-9-12(13)2/h12-13H,3-11H2,1-2H3. The molecule has 0 heterocycles. The summed E-state index contributed by atoms with van der Waals surface area (Å²) >= 11 is 0. The predicted octanol–water partition coefficient (Wildman–Crippen LogP) is 4.16. The van der Waals surface area contributed by atoms with Gasteiger partial charge in [-0.1, -0.05) is 46.0 Å². The van der Waals surface area contributed by atoms with E-state index in [4.69, 9.17) is 4.74 Å². The summed E-state index contributed by atoms with van der Waals surface area (Å²) in [4.78, 5) is 0. The van der Waals surface area contributed by atoms with E-state index in [0.29, 0.717) is 6.10 Å². The second-order valence-corrected chi connectivity index (χ2v) is 4.73. The number of hydrogen-bond acceptors (Lipinski definition) is 1. The Morgan fingerprint density at radius 2 is 1.71 bits per heavy atom. The predicted molar refractivity (Wildman–Crippen MR) is 61.5 cm³/mol. The molecule has 1 rings (SSSR count). The quantitative estimate of drug-likeness (QED) is 0.532.